The van der Waals surface area contributed by atoms with Crippen molar-refractivity contribution in [3.63, 3.8) is 0 Å². The molecule has 2 aliphatic heterocycles. The third-order valence-electron chi connectivity index (χ3n) is 7.63. The first kappa shape index (κ1) is 23.3. The van der Waals surface area contributed by atoms with E-state index in [4.69, 9.17) is 14.5 Å². The van der Waals surface area contributed by atoms with E-state index in [1.807, 2.05) is 18.2 Å². The number of nitrogens with one attached hydrogen (secondary N) is 3. The Morgan fingerprint density at radius 2 is 2.06 bits per heavy atom. The van der Waals surface area contributed by atoms with E-state index in [1.165, 1.54) is 6.42 Å². The quantitative estimate of drug-likeness (QED) is 0.413. The summed E-state index contributed by atoms with van der Waals surface area (Å²) in [5.41, 5.74) is 1.80. The van der Waals surface area contributed by atoms with Gasteiger partial charge in [0.1, 0.15) is 30.4 Å². The number of methoxy groups -OCH3 is 1. The number of hydrogen-bond donors (Lipinski definition) is 3. The third-order valence-corrected chi connectivity index (χ3v) is 10.7. The number of nitriles is 1. The van der Waals surface area contributed by atoms with Crippen LogP contribution in [-0.2, 0) is 9.30 Å². The molecule has 188 valence electrons. The first-order valence-electron chi connectivity index (χ1n) is 12.5. The SMILES string of the molecule is COc1cc(P2(=O)CCN(C3COC3)CC2)ccc1Nc1nc(NC2CCC2)c2c(C#N)c[nH]c2n1. The summed E-state index contributed by atoms with van der Waals surface area (Å²) >= 11 is 0. The fourth-order valence-corrected chi connectivity index (χ4v) is 7.64. The molecule has 3 aliphatic rings. The molecule has 0 amide bonds. The van der Waals surface area contributed by atoms with Crippen LogP contribution in [0.1, 0.15) is 24.8 Å². The standard InChI is InChI=1S/C25H30N7O3P/c1-34-21-11-19(36(33)9-7-32(8-10-36)18-14-35-15-18)5-6-20(21)29-25-30-23-22(16(12-26)13-27-23)24(31-25)28-17-3-2-4-17/h5-6,11,13,17-18H,2-4,7-10,14-15H2,1H3,(H3,27,28,29,30,31). The summed E-state index contributed by atoms with van der Waals surface area (Å²) in [5.74, 6) is 1.64. The summed E-state index contributed by atoms with van der Waals surface area (Å²) in [5, 5.41) is 17.8. The molecule has 0 atom stereocenters. The molecule has 3 fully saturated rings. The second-order valence-electron chi connectivity index (χ2n) is 9.78. The molecule has 3 aromatic rings. The molecule has 0 bridgehead atoms. The summed E-state index contributed by atoms with van der Waals surface area (Å²) in [4.78, 5) is 14.8. The number of nitrogens with zero attached hydrogens (tertiary/aromatic N) is 4. The minimum atomic E-state index is -2.49. The highest BCUT2D eigenvalue weighted by Crippen LogP contribution is 2.48. The van der Waals surface area contributed by atoms with Gasteiger partial charge in [0.25, 0.3) is 0 Å². The molecule has 1 aliphatic carbocycles. The maximum Gasteiger partial charge on any atom is 0.231 e. The average Bonchev–Trinajstić information content (AvgIpc) is 3.25. The van der Waals surface area contributed by atoms with Crippen molar-refractivity contribution in [2.24, 2.45) is 0 Å². The molecule has 0 spiro atoms. The Labute approximate surface area is 209 Å². The van der Waals surface area contributed by atoms with Gasteiger partial charge in [-0.15, -0.1) is 0 Å². The van der Waals surface area contributed by atoms with Crippen LogP contribution >= 0.6 is 7.14 Å². The van der Waals surface area contributed by atoms with E-state index in [-0.39, 0.29) is 0 Å². The largest absolute Gasteiger partial charge is 0.495 e. The van der Waals surface area contributed by atoms with Gasteiger partial charge in [-0.25, -0.2) is 0 Å². The summed E-state index contributed by atoms with van der Waals surface area (Å²) in [6.07, 6.45) is 6.36. The Bertz CT molecular complexity index is 1360. The summed E-state index contributed by atoms with van der Waals surface area (Å²) in [6.45, 7) is 3.23. The number of rotatable bonds is 7. The molecule has 2 saturated heterocycles. The summed E-state index contributed by atoms with van der Waals surface area (Å²) in [6, 6.07) is 8.76. The molecule has 1 aromatic carbocycles. The lowest BCUT2D eigenvalue weighted by Crippen LogP contribution is -2.52. The molecule has 11 heteroatoms. The number of benzene rings is 1. The second kappa shape index (κ2) is 9.40. The molecule has 0 radical (unpaired) electrons. The van der Waals surface area contributed by atoms with E-state index >= 15 is 0 Å². The van der Waals surface area contributed by atoms with Crippen LogP contribution in [0.5, 0.6) is 5.75 Å². The molecule has 36 heavy (non-hydrogen) atoms. The molecule has 10 nitrogen and oxygen atoms in total. The minimum absolute atomic E-state index is 0.353. The lowest BCUT2D eigenvalue weighted by Gasteiger charge is -2.41. The van der Waals surface area contributed by atoms with Crippen molar-refractivity contribution in [3.05, 3.63) is 30.0 Å². The molecule has 2 aromatic heterocycles. The first-order valence-corrected chi connectivity index (χ1v) is 14.6. The smallest absolute Gasteiger partial charge is 0.231 e. The zero-order chi connectivity index (χ0) is 24.7. The van der Waals surface area contributed by atoms with E-state index < -0.39 is 7.14 Å². The van der Waals surface area contributed by atoms with Gasteiger partial charge >= 0.3 is 0 Å². The summed E-state index contributed by atoms with van der Waals surface area (Å²) < 4.78 is 24.8. The van der Waals surface area contributed by atoms with Gasteiger partial charge in [0.15, 0.2) is 0 Å². The highest BCUT2D eigenvalue weighted by Gasteiger charge is 2.35. The van der Waals surface area contributed by atoms with Crippen LogP contribution in [0.2, 0.25) is 0 Å². The predicted octanol–water partition coefficient (Wildman–Crippen LogP) is 3.25. The number of aromatic amines is 1. The Morgan fingerprint density at radius 3 is 2.69 bits per heavy atom. The Balaban J connectivity index is 1.25. The van der Waals surface area contributed by atoms with Gasteiger partial charge in [0.2, 0.25) is 5.95 Å². The number of hydrogen-bond acceptors (Lipinski definition) is 9. The number of H-pyrrole nitrogens is 1. The van der Waals surface area contributed by atoms with Gasteiger partial charge in [-0.1, -0.05) is 0 Å². The van der Waals surface area contributed by atoms with Gasteiger partial charge in [-0.2, -0.15) is 15.2 Å². The number of fused-ring (bicyclic) bond motifs is 1. The molecular weight excluding hydrogens is 477 g/mol. The zero-order valence-electron chi connectivity index (χ0n) is 20.3. The van der Waals surface area contributed by atoms with Gasteiger partial charge in [0.05, 0.1) is 43.0 Å². The molecule has 1 saturated carbocycles. The van der Waals surface area contributed by atoms with Gasteiger partial charge in [-0.3, -0.25) is 4.90 Å². The van der Waals surface area contributed by atoms with Crippen molar-refractivity contribution in [2.45, 2.75) is 31.3 Å². The number of aromatic nitrogens is 3. The lowest BCUT2D eigenvalue weighted by atomic mass is 9.93. The Kier molecular flexibility index (Phi) is 6.08. The van der Waals surface area contributed by atoms with Crippen molar-refractivity contribution in [1.82, 2.24) is 19.9 Å². The molecule has 3 N–H and O–H groups in total. The minimum Gasteiger partial charge on any atom is -0.495 e. The number of ether oxygens (including phenoxy) is 2. The molecular formula is C25H30N7O3P. The van der Waals surface area contributed by atoms with Crippen molar-refractivity contribution in [2.75, 3.05) is 56.4 Å². The lowest BCUT2D eigenvalue weighted by molar-refractivity contribution is -0.0620. The Morgan fingerprint density at radius 1 is 1.25 bits per heavy atom. The van der Waals surface area contributed by atoms with Gasteiger partial charge in [-0.05, 0) is 37.5 Å². The fourth-order valence-electron chi connectivity index (χ4n) is 5.05. The first-order chi connectivity index (χ1) is 17.6. The van der Waals surface area contributed by atoms with Crippen molar-refractivity contribution in [1.29, 1.82) is 5.26 Å². The van der Waals surface area contributed by atoms with Crippen LogP contribution in [0, 0.1) is 11.3 Å². The van der Waals surface area contributed by atoms with Crippen LogP contribution in [0.25, 0.3) is 11.0 Å². The second-order valence-corrected chi connectivity index (χ2v) is 13.0. The van der Waals surface area contributed by atoms with Crippen molar-refractivity contribution in [3.8, 4) is 11.8 Å². The maximum atomic E-state index is 13.8. The molecule has 6 rings (SSSR count). The van der Waals surface area contributed by atoms with Crippen molar-refractivity contribution < 1.29 is 14.0 Å². The van der Waals surface area contributed by atoms with Crippen LogP contribution in [0.3, 0.4) is 0 Å². The maximum absolute atomic E-state index is 13.8. The van der Waals surface area contributed by atoms with E-state index in [9.17, 15) is 9.83 Å². The highest BCUT2D eigenvalue weighted by atomic mass is 31.2. The topological polar surface area (TPSA) is 128 Å². The Hall–Kier alpha value is -3.12. The van der Waals surface area contributed by atoms with Crippen LogP contribution in [-0.4, -0.2) is 77.7 Å². The van der Waals surface area contributed by atoms with E-state index in [0.29, 0.717) is 64.2 Å². The normalized spacial score (nSPS) is 20.3. The van der Waals surface area contributed by atoms with Gasteiger partial charge < -0.3 is 29.7 Å². The molecule has 4 heterocycles. The number of anilines is 3. The third kappa shape index (κ3) is 4.21. The monoisotopic (exact) mass is 507 g/mol. The summed E-state index contributed by atoms with van der Waals surface area (Å²) in [7, 11) is -0.885. The van der Waals surface area contributed by atoms with Crippen LogP contribution in [0.4, 0.5) is 17.5 Å². The van der Waals surface area contributed by atoms with E-state index in [1.54, 1.807) is 13.3 Å². The van der Waals surface area contributed by atoms with Crippen LogP contribution in [0.15, 0.2) is 24.4 Å². The van der Waals surface area contributed by atoms with Gasteiger partial charge in [0, 0.05) is 43.0 Å². The average molecular weight is 508 g/mol. The van der Waals surface area contributed by atoms with Crippen molar-refractivity contribution >= 4 is 40.9 Å². The zero-order valence-corrected chi connectivity index (χ0v) is 21.2. The van der Waals surface area contributed by atoms with E-state index in [0.717, 1.165) is 44.4 Å². The predicted molar refractivity (Wildman–Crippen MR) is 139 cm³/mol. The van der Waals surface area contributed by atoms with Crippen LogP contribution < -0.4 is 20.7 Å². The fraction of sp³-hybridized carbons (Fsp3) is 0.480. The van der Waals surface area contributed by atoms with E-state index in [2.05, 4.69) is 31.6 Å². The highest BCUT2D eigenvalue weighted by molar-refractivity contribution is 7.71. The molecule has 0 unspecified atom stereocenters.